The maximum absolute atomic E-state index is 12.1. The molecular formula is C13H23N3O3. The average molecular weight is 269 g/mol. The predicted octanol–water partition coefficient (Wildman–Crippen LogP) is 0.428. The van der Waals surface area contributed by atoms with Gasteiger partial charge in [0.15, 0.2) is 0 Å². The zero-order valence-electron chi connectivity index (χ0n) is 11.7. The van der Waals surface area contributed by atoms with Crippen molar-refractivity contribution >= 4 is 11.9 Å². The van der Waals surface area contributed by atoms with Crippen molar-refractivity contribution in [1.82, 2.24) is 15.1 Å². The molecule has 0 aromatic heterocycles. The molecule has 1 N–H and O–H groups in total. The first kappa shape index (κ1) is 14.1. The minimum atomic E-state index is -0.254. The van der Waals surface area contributed by atoms with Gasteiger partial charge < -0.3 is 19.9 Å². The molecule has 0 bridgehead atoms. The van der Waals surface area contributed by atoms with E-state index in [1.165, 1.54) is 0 Å². The molecule has 2 saturated heterocycles. The third-order valence-electron chi connectivity index (χ3n) is 3.50. The van der Waals surface area contributed by atoms with Crippen molar-refractivity contribution in [3.63, 3.8) is 0 Å². The van der Waals surface area contributed by atoms with Crippen LogP contribution >= 0.6 is 0 Å². The largest absolute Gasteiger partial charge is 0.368 e. The SMILES string of the molecule is CC(C)NC(=O)N1CCN(C(=O)C2CCCO2)CC1. The number of carbonyl (C=O) groups excluding carboxylic acids is 2. The van der Waals surface area contributed by atoms with Crippen LogP contribution < -0.4 is 5.32 Å². The van der Waals surface area contributed by atoms with Gasteiger partial charge in [0.2, 0.25) is 0 Å². The van der Waals surface area contributed by atoms with E-state index in [9.17, 15) is 9.59 Å². The lowest BCUT2D eigenvalue weighted by Gasteiger charge is -2.36. The highest BCUT2D eigenvalue weighted by Gasteiger charge is 2.31. The van der Waals surface area contributed by atoms with E-state index in [2.05, 4.69) is 5.32 Å². The third kappa shape index (κ3) is 3.59. The summed E-state index contributed by atoms with van der Waals surface area (Å²) in [5.41, 5.74) is 0. The summed E-state index contributed by atoms with van der Waals surface area (Å²) in [6.07, 6.45) is 1.54. The monoisotopic (exact) mass is 269 g/mol. The number of hydrogen-bond acceptors (Lipinski definition) is 3. The number of hydrogen-bond donors (Lipinski definition) is 1. The molecule has 2 aliphatic rings. The highest BCUT2D eigenvalue weighted by atomic mass is 16.5. The van der Waals surface area contributed by atoms with Gasteiger partial charge in [0, 0.05) is 38.8 Å². The van der Waals surface area contributed by atoms with Crippen molar-refractivity contribution in [2.45, 2.75) is 38.8 Å². The van der Waals surface area contributed by atoms with Crippen LogP contribution in [0.2, 0.25) is 0 Å². The van der Waals surface area contributed by atoms with Gasteiger partial charge in [-0.3, -0.25) is 4.79 Å². The standard InChI is InChI=1S/C13H23N3O3/c1-10(2)14-13(18)16-7-5-15(6-8-16)12(17)11-4-3-9-19-11/h10-11H,3-9H2,1-2H3,(H,14,18). The van der Waals surface area contributed by atoms with Gasteiger partial charge in [-0.05, 0) is 26.7 Å². The summed E-state index contributed by atoms with van der Waals surface area (Å²) < 4.78 is 5.41. The van der Waals surface area contributed by atoms with Crippen molar-refractivity contribution in [2.75, 3.05) is 32.8 Å². The van der Waals surface area contributed by atoms with Gasteiger partial charge in [-0.25, -0.2) is 4.79 Å². The lowest BCUT2D eigenvalue weighted by molar-refractivity contribution is -0.142. The van der Waals surface area contributed by atoms with Crippen LogP contribution in [-0.2, 0) is 9.53 Å². The summed E-state index contributed by atoms with van der Waals surface area (Å²) in [7, 11) is 0. The summed E-state index contributed by atoms with van der Waals surface area (Å²) in [6.45, 7) is 6.96. The van der Waals surface area contributed by atoms with Crippen LogP contribution in [0.15, 0.2) is 0 Å². The van der Waals surface area contributed by atoms with Crippen molar-refractivity contribution in [3.05, 3.63) is 0 Å². The molecule has 1 unspecified atom stereocenters. The van der Waals surface area contributed by atoms with Gasteiger partial charge in [0.1, 0.15) is 6.10 Å². The number of rotatable bonds is 2. The maximum atomic E-state index is 12.1. The third-order valence-corrected chi connectivity index (χ3v) is 3.50. The van der Waals surface area contributed by atoms with Gasteiger partial charge in [-0.15, -0.1) is 0 Å². The van der Waals surface area contributed by atoms with Crippen LogP contribution in [0, 0.1) is 0 Å². The van der Waals surface area contributed by atoms with Crippen LogP contribution in [0.5, 0.6) is 0 Å². The van der Waals surface area contributed by atoms with Gasteiger partial charge in [0.25, 0.3) is 5.91 Å². The molecule has 0 aromatic rings. The fourth-order valence-electron chi connectivity index (χ4n) is 2.44. The molecule has 0 radical (unpaired) electrons. The fraction of sp³-hybridized carbons (Fsp3) is 0.846. The Hall–Kier alpha value is -1.30. The van der Waals surface area contributed by atoms with E-state index in [-0.39, 0.29) is 24.1 Å². The minimum Gasteiger partial charge on any atom is -0.368 e. The molecular weight excluding hydrogens is 246 g/mol. The number of carbonyl (C=O) groups is 2. The predicted molar refractivity (Wildman–Crippen MR) is 70.8 cm³/mol. The van der Waals surface area contributed by atoms with Crippen LogP contribution in [-0.4, -0.2) is 66.7 Å². The second kappa shape index (κ2) is 6.23. The Bertz CT molecular complexity index is 332. The first-order valence-corrected chi connectivity index (χ1v) is 7.04. The first-order valence-electron chi connectivity index (χ1n) is 7.04. The van der Waals surface area contributed by atoms with Crippen molar-refractivity contribution in [2.24, 2.45) is 0 Å². The van der Waals surface area contributed by atoms with E-state index in [0.29, 0.717) is 32.8 Å². The quantitative estimate of drug-likeness (QED) is 0.790. The number of nitrogens with zero attached hydrogens (tertiary/aromatic N) is 2. The molecule has 2 fully saturated rings. The Morgan fingerprint density at radius 3 is 2.32 bits per heavy atom. The number of amides is 3. The summed E-state index contributed by atoms with van der Waals surface area (Å²) >= 11 is 0. The van der Waals surface area contributed by atoms with Crippen molar-refractivity contribution in [3.8, 4) is 0 Å². The Morgan fingerprint density at radius 1 is 1.16 bits per heavy atom. The molecule has 2 rings (SSSR count). The molecule has 2 heterocycles. The van der Waals surface area contributed by atoms with Crippen LogP contribution in [0.4, 0.5) is 4.79 Å². The van der Waals surface area contributed by atoms with Crippen LogP contribution in [0.3, 0.4) is 0 Å². The molecule has 0 aromatic carbocycles. The van der Waals surface area contributed by atoms with E-state index in [1.807, 2.05) is 18.7 Å². The van der Waals surface area contributed by atoms with Crippen LogP contribution in [0.25, 0.3) is 0 Å². The molecule has 108 valence electrons. The number of ether oxygens (including phenoxy) is 1. The van der Waals surface area contributed by atoms with Gasteiger partial charge in [0.05, 0.1) is 0 Å². The zero-order valence-corrected chi connectivity index (χ0v) is 11.7. The van der Waals surface area contributed by atoms with E-state index in [1.54, 1.807) is 4.90 Å². The fourth-order valence-corrected chi connectivity index (χ4v) is 2.44. The van der Waals surface area contributed by atoms with E-state index >= 15 is 0 Å². The van der Waals surface area contributed by atoms with E-state index in [0.717, 1.165) is 12.8 Å². The number of urea groups is 1. The molecule has 6 heteroatoms. The molecule has 3 amide bonds. The van der Waals surface area contributed by atoms with E-state index in [4.69, 9.17) is 4.74 Å². The number of nitrogens with one attached hydrogen (secondary N) is 1. The van der Waals surface area contributed by atoms with Gasteiger partial charge in [-0.1, -0.05) is 0 Å². The highest BCUT2D eigenvalue weighted by Crippen LogP contribution is 2.16. The normalized spacial score (nSPS) is 23.8. The molecule has 19 heavy (non-hydrogen) atoms. The molecule has 2 aliphatic heterocycles. The van der Waals surface area contributed by atoms with Gasteiger partial charge in [-0.2, -0.15) is 0 Å². The second-order valence-electron chi connectivity index (χ2n) is 5.42. The highest BCUT2D eigenvalue weighted by molar-refractivity contribution is 5.81. The Labute approximate surface area is 114 Å². The lowest BCUT2D eigenvalue weighted by atomic mass is 10.2. The summed E-state index contributed by atoms with van der Waals surface area (Å²) in [5.74, 6) is 0.0846. The maximum Gasteiger partial charge on any atom is 0.317 e. The smallest absolute Gasteiger partial charge is 0.317 e. The molecule has 0 spiro atoms. The molecule has 1 atom stereocenters. The van der Waals surface area contributed by atoms with Gasteiger partial charge >= 0.3 is 6.03 Å². The average Bonchev–Trinajstić information content (AvgIpc) is 2.91. The van der Waals surface area contributed by atoms with Crippen molar-refractivity contribution < 1.29 is 14.3 Å². The number of piperazine rings is 1. The van der Waals surface area contributed by atoms with E-state index < -0.39 is 0 Å². The van der Waals surface area contributed by atoms with Crippen LogP contribution in [0.1, 0.15) is 26.7 Å². The summed E-state index contributed by atoms with van der Waals surface area (Å²) in [5, 5.41) is 2.87. The Kier molecular flexibility index (Phi) is 4.63. The second-order valence-corrected chi connectivity index (χ2v) is 5.42. The molecule has 0 aliphatic carbocycles. The Balaban J connectivity index is 1.78. The Morgan fingerprint density at radius 2 is 1.79 bits per heavy atom. The minimum absolute atomic E-state index is 0.0424. The lowest BCUT2D eigenvalue weighted by Crippen LogP contribution is -2.55. The topological polar surface area (TPSA) is 61.9 Å². The van der Waals surface area contributed by atoms with Crippen molar-refractivity contribution in [1.29, 1.82) is 0 Å². The molecule has 6 nitrogen and oxygen atoms in total. The molecule has 0 saturated carbocycles. The summed E-state index contributed by atoms with van der Waals surface area (Å²) in [4.78, 5) is 27.5. The zero-order chi connectivity index (χ0) is 13.8. The summed E-state index contributed by atoms with van der Waals surface area (Å²) in [6, 6.07) is 0.0956. The first-order chi connectivity index (χ1) is 9.08.